The largest absolute Gasteiger partial charge is 0.356 e. The lowest BCUT2D eigenvalue weighted by atomic mass is 9.98. The summed E-state index contributed by atoms with van der Waals surface area (Å²) in [6.07, 6.45) is 3.32. The zero-order valence-electron chi connectivity index (χ0n) is 14.5. The standard InChI is InChI=1S/C18H25F2N3O2/c1-2-4-17(24)21-10-13-5-3-6-23(11-13)12-18(25)22-16-8-14(19)7-15(20)9-16/h7-9,13H,2-6,10-12H2,1H3,(H,21,24)(H,22,25). The van der Waals surface area contributed by atoms with E-state index < -0.39 is 11.6 Å². The third-order valence-electron chi connectivity index (χ3n) is 4.18. The Morgan fingerprint density at radius 3 is 2.60 bits per heavy atom. The van der Waals surface area contributed by atoms with Crippen LogP contribution < -0.4 is 10.6 Å². The van der Waals surface area contributed by atoms with Crippen molar-refractivity contribution >= 4 is 17.5 Å². The predicted octanol–water partition coefficient (Wildman–Crippen LogP) is 2.53. The summed E-state index contributed by atoms with van der Waals surface area (Å²) in [5, 5.41) is 5.45. The van der Waals surface area contributed by atoms with Crippen LogP contribution in [0.15, 0.2) is 18.2 Å². The summed E-state index contributed by atoms with van der Waals surface area (Å²) in [4.78, 5) is 25.7. The van der Waals surface area contributed by atoms with Crippen LogP contribution >= 0.6 is 0 Å². The smallest absolute Gasteiger partial charge is 0.238 e. The molecule has 1 heterocycles. The number of anilines is 1. The number of carbonyl (C=O) groups is 2. The average Bonchev–Trinajstić information content (AvgIpc) is 2.52. The molecule has 1 atom stereocenters. The molecule has 1 aromatic carbocycles. The Kier molecular flexibility index (Phi) is 7.31. The molecule has 0 bridgehead atoms. The highest BCUT2D eigenvalue weighted by Gasteiger charge is 2.22. The quantitative estimate of drug-likeness (QED) is 0.792. The number of rotatable bonds is 7. The van der Waals surface area contributed by atoms with E-state index in [1.807, 2.05) is 11.8 Å². The van der Waals surface area contributed by atoms with Crippen LogP contribution in [0, 0.1) is 17.6 Å². The number of halogens is 2. The molecule has 138 valence electrons. The average molecular weight is 353 g/mol. The normalized spacial score (nSPS) is 18.0. The van der Waals surface area contributed by atoms with Gasteiger partial charge in [0.2, 0.25) is 11.8 Å². The molecular weight excluding hydrogens is 328 g/mol. The number of carbonyl (C=O) groups excluding carboxylic acids is 2. The molecule has 2 N–H and O–H groups in total. The van der Waals surface area contributed by atoms with Gasteiger partial charge in [-0.05, 0) is 43.9 Å². The Hall–Kier alpha value is -2.02. The number of likely N-dealkylation sites (tertiary alicyclic amines) is 1. The van der Waals surface area contributed by atoms with E-state index in [2.05, 4.69) is 10.6 Å². The molecule has 1 aliphatic rings. The predicted molar refractivity (Wildman–Crippen MR) is 92.1 cm³/mol. The topological polar surface area (TPSA) is 61.4 Å². The summed E-state index contributed by atoms with van der Waals surface area (Å²) in [5.41, 5.74) is 0.114. The van der Waals surface area contributed by atoms with Gasteiger partial charge < -0.3 is 10.6 Å². The van der Waals surface area contributed by atoms with E-state index in [4.69, 9.17) is 0 Å². The molecule has 7 heteroatoms. The first-order valence-electron chi connectivity index (χ1n) is 8.71. The van der Waals surface area contributed by atoms with Crippen molar-refractivity contribution in [1.82, 2.24) is 10.2 Å². The van der Waals surface area contributed by atoms with Gasteiger partial charge in [0.1, 0.15) is 11.6 Å². The molecule has 25 heavy (non-hydrogen) atoms. The van der Waals surface area contributed by atoms with Crippen LogP contribution in [-0.4, -0.2) is 42.9 Å². The maximum absolute atomic E-state index is 13.2. The molecule has 1 aromatic rings. The summed E-state index contributed by atoms with van der Waals surface area (Å²) in [6.45, 7) is 4.26. The monoisotopic (exact) mass is 353 g/mol. The van der Waals surface area contributed by atoms with Crippen LogP contribution in [0.3, 0.4) is 0 Å². The zero-order valence-corrected chi connectivity index (χ0v) is 14.5. The molecular formula is C18H25F2N3O2. The highest BCUT2D eigenvalue weighted by atomic mass is 19.1. The van der Waals surface area contributed by atoms with E-state index in [1.165, 1.54) is 0 Å². The minimum absolute atomic E-state index is 0.0606. The Labute approximate surface area is 146 Å². The Morgan fingerprint density at radius 1 is 1.20 bits per heavy atom. The second-order valence-electron chi connectivity index (χ2n) is 6.50. The van der Waals surface area contributed by atoms with Gasteiger partial charge in [0, 0.05) is 31.3 Å². The fourth-order valence-corrected chi connectivity index (χ4v) is 3.06. The number of benzene rings is 1. The fraction of sp³-hybridized carbons (Fsp3) is 0.556. The molecule has 1 fully saturated rings. The second-order valence-corrected chi connectivity index (χ2v) is 6.50. The van der Waals surface area contributed by atoms with Gasteiger partial charge >= 0.3 is 0 Å². The van der Waals surface area contributed by atoms with Crippen molar-refractivity contribution < 1.29 is 18.4 Å². The first-order valence-corrected chi connectivity index (χ1v) is 8.71. The van der Waals surface area contributed by atoms with Gasteiger partial charge in [0.05, 0.1) is 6.54 Å². The lowest BCUT2D eigenvalue weighted by Gasteiger charge is -2.32. The number of nitrogens with one attached hydrogen (secondary N) is 2. The van der Waals surface area contributed by atoms with Gasteiger partial charge in [-0.2, -0.15) is 0 Å². The van der Waals surface area contributed by atoms with Gasteiger partial charge in [-0.3, -0.25) is 14.5 Å². The zero-order chi connectivity index (χ0) is 18.2. The number of nitrogens with zero attached hydrogens (tertiary/aromatic N) is 1. The van der Waals surface area contributed by atoms with Gasteiger partial charge in [0.15, 0.2) is 0 Å². The van der Waals surface area contributed by atoms with Gasteiger partial charge in [-0.15, -0.1) is 0 Å². The highest BCUT2D eigenvalue weighted by molar-refractivity contribution is 5.92. The number of piperidine rings is 1. The Balaban J connectivity index is 1.79. The van der Waals surface area contributed by atoms with E-state index in [0.717, 1.165) is 50.6 Å². The van der Waals surface area contributed by atoms with Crippen molar-refractivity contribution in [1.29, 1.82) is 0 Å². The molecule has 0 saturated carbocycles. The molecule has 5 nitrogen and oxygen atoms in total. The highest BCUT2D eigenvalue weighted by Crippen LogP contribution is 2.17. The van der Waals surface area contributed by atoms with E-state index in [-0.39, 0.29) is 24.0 Å². The summed E-state index contributed by atoms with van der Waals surface area (Å²) in [6, 6.07) is 2.93. The van der Waals surface area contributed by atoms with Crippen LogP contribution in [0.1, 0.15) is 32.6 Å². The minimum atomic E-state index is -0.726. The number of hydrogen-bond acceptors (Lipinski definition) is 3. The van der Waals surface area contributed by atoms with Gasteiger partial charge in [0.25, 0.3) is 0 Å². The molecule has 2 rings (SSSR count). The fourth-order valence-electron chi connectivity index (χ4n) is 3.06. The van der Waals surface area contributed by atoms with Crippen LogP contribution in [0.2, 0.25) is 0 Å². The summed E-state index contributed by atoms with van der Waals surface area (Å²) in [7, 11) is 0. The number of amides is 2. The van der Waals surface area contributed by atoms with E-state index in [1.54, 1.807) is 0 Å². The molecule has 1 saturated heterocycles. The molecule has 0 aliphatic carbocycles. The second kappa shape index (κ2) is 9.46. The summed E-state index contributed by atoms with van der Waals surface area (Å²) < 4.78 is 26.3. The Bertz CT molecular complexity index is 590. The third-order valence-corrected chi connectivity index (χ3v) is 4.18. The minimum Gasteiger partial charge on any atom is -0.356 e. The van der Waals surface area contributed by atoms with Crippen molar-refractivity contribution in [2.75, 3.05) is 31.5 Å². The first kappa shape index (κ1) is 19.3. The first-order chi connectivity index (χ1) is 12.0. The maximum Gasteiger partial charge on any atom is 0.238 e. The summed E-state index contributed by atoms with van der Waals surface area (Å²) in [5.74, 6) is -1.38. The lowest BCUT2D eigenvalue weighted by molar-refractivity contribution is -0.121. The van der Waals surface area contributed by atoms with E-state index in [0.29, 0.717) is 18.9 Å². The SMILES string of the molecule is CCCC(=O)NCC1CCCN(CC(=O)Nc2cc(F)cc(F)c2)C1. The number of hydrogen-bond donors (Lipinski definition) is 2. The summed E-state index contributed by atoms with van der Waals surface area (Å²) >= 11 is 0. The van der Waals surface area contributed by atoms with Gasteiger partial charge in [-0.25, -0.2) is 8.78 Å². The molecule has 0 spiro atoms. The van der Waals surface area contributed by atoms with Crippen molar-refractivity contribution in [3.8, 4) is 0 Å². The third kappa shape index (κ3) is 6.78. The van der Waals surface area contributed by atoms with Crippen molar-refractivity contribution in [2.45, 2.75) is 32.6 Å². The van der Waals surface area contributed by atoms with Gasteiger partial charge in [-0.1, -0.05) is 6.92 Å². The van der Waals surface area contributed by atoms with E-state index >= 15 is 0 Å². The molecule has 2 amide bonds. The van der Waals surface area contributed by atoms with Crippen LogP contribution in [0.4, 0.5) is 14.5 Å². The molecule has 1 aliphatic heterocycles. The Morgan fingerprint density at radius 2 is 1.92 bits per heavy atom. The molecule has 0 aromatic heterocycles. The van der Waals surface area contributed by atoms with Crippen molar-refractivity contribution in [2.24, 2.45) is 5.92 Å². The van der Waals surface area contributed by atoms with E-state index in [9.17, 15) is 18.4 Å². The van der Waals surface area contributed by atoms with Crippen molar-refractivity contribution in [3.05, 3.63) is 29.8 Å². The molecule has 0 radical (unpaired) electrons. The van der Waals surface area contributed by atoms with Crippen LogP contribution in [0.25, 0.3) is 0 Å². The van der Waals surface area contributed by atoms with Crippen LogP contribution in [-0.2, 0) is 9.59 Å². The molecule has 1 unspecified atom stereocenters. The van der Waals surface area contributed by atoms with Crippen molar-refractivity contribution in [3.63, 3.8) is 0 Å². The maximum atomic E-state index is 13.2. The lowest BCUT2D eigenvalue weighted by Crippen LogP contribution is -2.43. The van der Waals surface area contributed by atoms with Crippen LogP contribution in [0.5, 0.6) is 0 Å².